The summed E-state index contributed by atoms with van der Waals surface area (Å²) in [6.07, 6.45) is 1.85. The Kier molecular flexibility index (Phi) is 5.73. The van der Waals surface area contributed by atoms with Crippen molar-refractivity contribution in [1.82, 2.24) is 14.8 Å². The minimum absolute atomic E-state index is 0.0469. The van der Waals surface area contributed by atoms with Crippen molar-refractivity contribution in [2.75, 3.05) is 32.8 Å². The first kappa shape index (κ1) is 20.5. The summed E-state index contributed by atoms with van der Waals surface area (Å²) in [6.45, 7) is 6.41. The molecule has 0 bridgehead atoms. The van der Waals surface area contributed by atoms with Gasteiger partial charge in [0, 0.05) is 44.3 Å². The molecule has 0 spiro atoms. The van der Waals surface area contributed by atoms with Crippen molar-refractivity contribution < 1.29 is 9.53 Å². The second-order valence-electron chi connectivity index (χ2n) is 8.19. The van der Waals surface area contributed by atoms with Gasteiger partial charge in [-0.15, -0.1) is 0 Å². The third-order valence-corrected chi connectivity index (χ3v) is 6.15. The molecule has 1 saturated heterocycles. The van der Waals surface area contributed by atoms with Crippen LogP contribution < -0.4 is 4.74 Å². The van der Waals surface area contributed by atoms with Gasteiger partial charge in [0.25, 0.3) is 5.91 Å². The molecule has 1 amide bonds. The largest absolute Gasteiger partial charge is 0.493 e. The smallest absolute Gasteiger partial charge is 0.257 e. The number of hydrogen-bond acceptors (Lipinski definition) is 4. The number of fused-ring (bicyclic) bond motifs is 2. The van der Waals surface area contributed by atoms with Gasteiger partial charge in [-0.05, 0) is 41.5 Å². The van der Waals surface area contributed by atoms with Crippen LogP contribution >= 0.6 is 0 Å². The number of aromatic nitrogens is 1. The Morgan fingerprint density at radius 2 is 1.62 bits per heavy atom. The molecule has 0 radical (unpaired) electrons. The predicted molar refractivity (Wildman–Crippen MR) is 128 cm³/mol. The van der Waals surface area contributed by atoms with Gasteiger partial charge in [0.15, 0.2) is 0 Å². The van der Waals surface area contributed by atoms with Crippen LogP contribution in [-0.4, -0.2) is 53.5 Å². The molecule has 32 heavy (non-hydrogen) atoms. The maximum atomic E-state index is 13.4. The van der Waals surface area contributed by atoms with Crippen LogP contribution in [0.25, 0.3) is 21.7 Å². The maximum absolute atomic E-state index is 13.4. The average Bonchev–Trinajstić information content (AvgIpc) is 2.84. The van der Waals surface area contributed by atoms with Gasteiger partial charge in [0.1, 0.15) is 5.75 Å². The highest BCUT2D eigenvalue weighted by Gasteiger charge is 2.25. The van der Waals surface area contributed by atoms with Crippen molar-refractivity contribution in [2.45, 2.75) is 13.5 Å². The van der Waals surface area contributed by atoms with Gasteiger partial charge >= 0.3 is 0 Å². The Hall–Kier alpha value is -3.44. The van der Waals surface area contributed by atoms with E-state index < -0.39 is 0 Å². The SMILES string of the molecule is CCOc1cc2ccccc2cc1C(=O)N1CCN(Cc2cccc3cccnc23)CC1. The molecule has 0 aliphatic carbocycles. The molecule has 1 fully saturated rings. The standard InChI is InChI=1S/C27H27N3O2/c1-2-32-25-18-22-8-4-3-7-21(22)17-24(25)27(31)30-15-13-29(14-16-30)19-23-10-5-9-20-11-6-12-28-26(20)23/h3-12,17-18H,2,13-16,19H2,1H3. The molecule has 5 heteroatoms. The van der Waals surface area contributed by atoms with Gasteiger partial charge < -0.3 is 9.64 Å². The number of carbonyl (C=O) groups excluding carboxylic acids is 1. The van der Waals surface area contributed by atoms with Crippen molar-refractivity contribution >= 4 is 27.6 Å². The van der Waals surface area contributed by atoms with Crippen molar-refractivity contribution in [2.24, 2.45) is 0 Å². The highest BCUT2D eigenvalue weighted by molar-refractivity contribution is 6.01. The summed E-state index contributed by atoms with van der Waals surface area (Å²) < 4.78 is 5.83. The number of rotatable bonds is 5. The maximum Gasteiger partial charge on any atom is 0.257 e. The molecule has 162 valence electrons. The van der Waals surface area contributed by atoms with Gasteiger partial charge in [-0.25, -0.2) is 0 Å². The molecular formula is C27H27N3O2. The van der Waals surface area contributed by atoms with Crippen molar-refractivity contribution in [1.29, 1.82) is 0 Å². The molecular weight excluding hydrogens is 398 g/mol. The van der Waals surface area contributed by atoms with E-state index in [4.69, 9.17) is 4.74 Å². The summed E-state index contributed by atoms with van der Waals surface area (Å²) in [5.41, 5.74) is 2.94. The van der Waals surface area contributed by atoms with Gasteiger partial charge in [0.2, 0.25) is 0 Å². The molecule has 5 nitrogen and oxygen atoms in total. The van der Waals surface area contributed by atoms with E-state index in [1.54, 1.807) is 0 Å². The number of benzene rings is 3. The zero-order chi connectivity index (χ0) is 21.9. The molecule has 3 aromatic carbocycles. The summed E-state index contributed by atoms with van der Waals surface area (Å²) in [6, 6.07) is 22.5. The monoisotopic (exact) mass is 425 g/mol. The number of para-hydroxylation sites is 1. The summed E-state index contributed by atoms with van der Waals surface area (Å²) >= 11 is 0. The first-order valence-corrected chi connectivity index (χ1v) is 11.2. The lowest BCUT2D eigenvalue weighted by Gasteiger charge is -2.35. The molecule has 1 aliphatic rings. The van der Waals surface area contributed by atoms with E-state index in [9.17, 15) is 4.79 Å². The number of carbonyl (C=O) groups is 1. The molecule has 5 rings (SSSR count). The summed E-state index contributed by atoms with van der Waals surface area (Å²) in [7, 11) is 0. The van der Waals surface area contributed by atoms with E-state index in [0.717, 1.165) is 35.9 Å². The highest BCUT2D eigenvalue weighted by atomic mass is 16.5. The highest BCUT2D eigenvalue weighted by Crippen LogP contribution is 2.28. The molecule has 0 saturated carbocycles. The number of amides is 1. The van der Waals surface area contributed by atoms with Crippen LogP contribution in [0.5, 0.6) is 5.75 Å². The summed E-state index contributed by atoms with van der Waals surface area (Å²) in [5, 5.41) is 3.31. The normalized spacial score (nSPS) is 14.7. The van der Waals surface area contributed by atoms with Crippen LogP contribution in [0, 0.1) is 0 Å². The molecule has 0 atom stereocenters. The Morgan fingerprint density at radius 3 is 2.41 bits per heavy atom. The van der Waals surface area contributed by atoms with E-state index >= 15 is 0 Å². The van der Waals surface area contributed by atoms with Crippen LogP contribution in [0.15, 0.2) is 72.9 Å². The first-order valence-electron chi connectivity index (χ1n) is 11.2. The van der Waals surface area contributed by atoms with Gasteiger partial charge in [0.05, 0.1) is 17.7 Å². The molecule has 2 heterocycles. The lowest BCUT2D eigenvalue weighted by Crippen LogP contribution is -2.48. The molecule has 0 unspecified atom stereocenters. The molecule has 4 aromatic rings. The van der Waals surface area contributed by atoms with E-state index in [-0.39, 0.29) is 5.91 Å². The quantitative estimate of drug-likeness (QED) is 0.463. The molecule has 1 aromatic heterocycles. The van der Waals surface area contributed by atoms with Gasteiger partial charge in [-0.2, -0.15) is 0 Å². The third kappa shape index (κ3) is 4.04. The van der Waals surface area contributed by atoms with Crippen molar-refractivity contribution in [3.63, 3.8) is 0 Å². The fourth-order valence-electron chi connectivity index (χ4n) is 4.48. The second-order valence-corrected chi connectivity index (χ2v) is 8.19. The van der Waals surface area contributed by atoms with E-state index in [2.05, 4.69) is 34.1 Å². The minimum Gasteiger partial charge on any atom is -0.493 e. The van der Waals surface area contributed by atoms with Crippen molar-refractivity contribution in [3.8, 4) is 5.75 Å². The number of nitrogens with zero attached hydrogens (tertiary/aromatic N) is 3. The van der Waals surface area contributed by atoms with Gasteiger partial charge in [-0.3, -0.25) is 14.7 Å². The lowest BCUT2D eigenvalue weighted by molar-refractivity contribution is 0.0625. The number of pyridine rings is 1. The number of piperazine rings is 1. The van der Waals surface area contributed by atoms with Gasteiger partial charge in [-0.1, -0.05) is 48.5 Å². The average molecular weight is 426 g/mol. The van der Waals surface area contributed by atoms with E-state index in [1.165, 1.54) is 10.9 Å². The fraction of sp³-hybridized carbons (Fsp3) is 0.259. The summed E-state index contributed by atoms with van der Waals surface area (Å²) in [5.74, 6) is 0.714. The van der Waals surface area contributed by atoms with Crippen molar-refractivity contribution in [3.05, 3.63) is 84.1 Å². The van der Waals surface area contributed by atoms with Crippen LogP contribution in [0.3, 0.4) is 0 Å². The van der Waals surface area contributed by atoms with Crippen LogP contribution in [0.1, 0.15) is 22.8 Å². The van der Waals surface area contributed by atoms with E-state index in [0.29, 0.717) is 31.0 Å². The first-order chi connectivity index (χ1) is 15.7. The minimum atomic E-state index is 0.0469. The Morgan fingerprint density at radius 1 is 0.906 bits per heavy atom. The van der Waals surface area contributed by atoms with Crippen LogP contribution in [-0.2, 0) is 6.54 Å². The topological polar surface area (TPSA) is 45.7 Å². The fourth-order valence-corrected chi connectivity index (χ4v) is 4.48. The van der Waals surface area contributed by atoms with Crippen LogP contribution in [0.2, 0.25) is 0 Å². The van der Waals surface area contributed by atoms with E-state index in [1.807, 2.05) is 60.5 Å². The number of hydrogen-bond donors (Lipinski definition) is 0. The Balaban J connectivity index is 1.31. The number of ether oxygens (including phenoxy) is 1. The molecule has 0 N–H and O–H groups in total. The Bertz CT molecular complexity index is 1260. The predicted octanol–water partition coefficient (Wildman–Crippen LogP) is 4.74. The lowest BCUT2D eigenvalue weighted by atomic mass is 10.0. The summed E-state index contributed by atoms with van der Waals surface area (Å²) in [4.78, 5) is 22.3. The Labute approximate surface area is 188 Å². The van der Waals surface area contributed by atoms with Crippen LogP contribution in [0.4, 0.5) is 0 Å². The zero-order valence-electron chi connectivity index (χ0n) is 18.3. The third-order valence-electron chi connectivity index (χ3n) is 6.15. The molecule has 1 aliphatic heterocycles. The second kappa shape index (κ2) is 8.97. The zero-order valence-corrected chi connectivity index (χ0v) is 18.3.